The number of hydrogen-bond acceptors (Lipinski definition) is 2. The van der Waals surface area contributed by atoms with Crippen molar-refractivity contribution in [3.8, 4) is 0 Å². The molecule has 0 amide bonds. The lowest BCUT2D eigenvalue weighted by Crippen LogP contribution is -1.78. The van der Waals surface area contributed by atoms with Gasteiger partial charge in [-0.25, -0.2) is 4.72 Å². The highest BCUT2D eigenvalue weighted by atomic mass is 33.1. The van der Waals surface area contributed by atoms with Crippen LogP contribution in [0.5, 0.6) is 0 Å². The molecule has 10 heavy (non-hydrogen) atoms. The van der Waals surface area contributed by atoms with Crippen molar-refractivity contribution in [2.45, 2.75) is 11.8 Å². The fourth-order valence-electron chi connectivity index (χ4n) is 0.868. The van der Waals surface area contributed by atoms with Crippen molar-refractivity contribution in [3.05, 3.63) is 23.8 Å². The van der Waals surface area contributed by atoms with Crippen molar-refractivity contribution in [2.75, 3.05) is 0 Å². The molecule has 1 radical (unpaired) electrons. The molecule has 0 saturated heterocycles. The zero-order valence-electron chi connectivity index (χ0n) is 5.50. The summed E-state index contributed by atoms with van der Waals surface area (Å²) in [5, 5.41) is 0. The molecule has 0 atom stereocenters. The zero-order valence-corrected chi connectivity index (χ0v) is 7.13. The molecular weight excluding hydrogens is 162 g/mol. The SMILES string of the molecule is Cc1ccc2c(c1)[N]SS2. The van der Waals surface area contributed by atoms with Crippen LogP contribution in [0, 0.1) is 6.92 Å². The molecule has 0 aromatic heterocycles. The maximum absolute atomic E-state index is 4.24. The van der Waals surface area contributed by atoms with E-state index in [1.165, 1.54) is 10.5 Å². The smallest absolute Gasteiger partial charge is 0.0870 e. The zero-order chi connectivity index (χ0) is 6.97. The Hall–Kier alpha value is -0.280. The lowest BCUT2D eigenvalue weighted by atomic mass is 10.2. The molecule has 1 aliphatic heterocycles. The highest BCUT2D eigenvalue weighted by Crippen LogP contribution is 2.44. The Bertz CT molecular complexity index is 260. The van der Waals surface area contributed by atoms with Gasteiger partial charge in [-0.1, -0.05) is 6.07 Å². The van der Waals surface area contributed by atoms with Gasteiger partial charge >= 0.3 is 0 Å². The van der Waals surface area contributed by atoms with E-state index in [1.54, 1.807) is 21.8 Å². The highest BCUT2D eigenvalue weighted by molar-refractivity contribution is 8.76. The summed E-state index contributed by atoms with van der Waals surface area (Å²) in [5.74, 6) is 0. The van der Waals surface area contributed by atoms with Gasteiger partial charge in [0, 0.05) is 15.9 Å². The summed E-state index contributed by atoms with van der Waals surface area (Å²) in [4.78, 5) is 1.29. The largest absolute Gasteiger partial charge is 0.204 e. The molecule has 0 saturated carbocycles. The summed E-state index contributed by atoms with van der Waals surface area (Å²) >= 11 is 0. The minimum atomic E-state index is 1.13. The van der Waals surface area contributed by atoms with Gasteiger partial charge in [0.2, 0.25) is 0 Å². The molecule has 0 N–H and O–H groups in total. The van der Waals surface area contributed by atoms with E-state index in [2.05, 4.69) is 29.8 Å². The molecule has 0 aliphatic carbocycles. The fraction of sp³-hybridized carbons (Fsp3) is 0.143. The van der Waals surface area contributed by atoms with E-state index in [4.69, 9.17) is 0 Å². The lowest BCUT2D eigenvalue weighted by molar-refractivity contribution is 1.28. The minimum Gasteiger partial charge on any atom is -0.204 e. The minimum absolute atomic E-state index is 1.13. The Labute approximate surface area is 68.1 Å². The summed E-state index contributed by atoms with van der Waals surface area (Å²) in [6.45, 7) is 2.09. The van der Waals surface area contributed by atoms with Crippen molar-refractivity contribution >= 4 is 27.5 Å². The molecule has 51 valence electrons. The van der Waals surface area contributed by atoms with Crippen LogP contribution < -0.4 is 4.72 Å². The normalized spacial score (nSPS) is 14.5. The molecular formula is C7H6NS2. The Balaban J connectivity index is 2.52. The van der Waals surface area contributed by atoms with Crippen molar-refractivity contribution < 1.29 is 0 Å². The third-order valence-electron chi connectivity index (χ3n) is 1.38. The van der Waals surface area contributed by atoms with Gasteiger partial charge in [-0.2, -0.15) is 0 Å². The van der Waals surface area contributed by atoms with Crippen molar-refractivity contribution in [3.63, 3.8) is 0 Å². The van der Waals surface area contributed by atoms with Crippen LogP contribution in [-0.4, -0.2) is 0 Å². The third-order valence-corrected chi connectivity index (χ3v) is 3.23. The van der Waals surface area contributed by atoms with E-state index in [1.807, 2.05) is 0 Å². The van der Waals surface area contributed by atoms with Gasteiger partial charge in [-0.05, 0) is 35.4 Å². The molecule has 1 heterocycles. The molecule has 1 aromatic carbocycles. The summed E-state index contributed by atoms with van der Waals surface area (Å²) in [5.41, 5.74) is 2.42. The van der Waals surface area contributed by atoms with Gasteiger partial charge in [-0.3, -0.25) is 0 Å². The quantitative estimate of drug-likeness (QED) is 0.437. The topological polar surface area (TPSA) is 14.1 Å². The van der Waals surface area contributed by atoms with Crippen LogP contribution in [-0.2, 0) is 0 Å². The molecule has 1 aromatic rings. The van der Waals surface area contributed by atoms with Crippen molar-refractivity contribution in [2.24, 2.45) is 0 Å². The van der Waals surface area contributed by atoms with Crippen LogP contribution >= 0.6 is 21.8 Å². The number of rotatable bonds is 0. The molecule has 0 fully saturated rings. The van der Waals surface area contributed by atoms with Crippen LogP contribution in [0.25, 0.3) is 0 Å². The standard InChI is InChI=1S/C7H6NS2/c1-5-2-3-7-6(4-5)8-10-9-7/h2-4H,1H3. The first kappa shape index (κ1) is 6.43. The summed E-state index contributed by atoms with van der Waals surface area (Å²) in [6.07, 6.45) is 0. The summed E-state index contributed by atoms with van der Waals surface area (Å²) < 4.78 is 4.24. The van der Waals surface area contributed by atoms with Crippen molar-refractivity contribution in [1.82, 2.24) is 4.72 Å². The number of nitrogens with zero attached hydrogens (tertiary/aromatic N) is 1. The number of aryl methyl sites for hydroxylation is 1. The van der Waals surface area contributed by atoms with Crippen LogP contribution in [0.3, 0.4) is 0 Å². The maximum atomic E-state index is 4.24. The molecule has 0 spiro atoms. The molecule has 2 rings (SSSR count). The molecule has 3 heteroatoms. The van der Waals surface area contributed by atoms with Crippen LogP contribution in [0.1, 0.15) is 5.56 Å². The Morgan fingerprint density at radius 2 is 2.30 bits per heavy atom. The summed E-state index contributed by atoms with van der Waals surface area (Å²) in [7, 11) is 3.28. The van der Waals surface area contributed by atoms with Crippen molar-refractivity contribution in [1.29, 1.82) is 0 Å². The average Bonchev–Trinajstić information content (AvgIpc) is 2.33. The highest BCUT2D eigenvalue weighted by Gasteiger charge is 2.12. The predicted molar refractivity (Wildman–Crippen MR) is 46.4 cm³/mol. The van der Waals surface area contributed by atoms with Gasteiger partial charge in [0.1, 0.15) is 0 Å². The number of fused-ring (bicyclic) bond motifs is 1. The van der Waals surface area contributed by atoms with Gasteiger partial charge < -0.3 is 0 Å². The molecule has 1 nitrogen and oxygen atoms in total. The second-order valence-corrected chi connectivity index (χ2v) is 4.11. The fourth-order valence-corrected chi connectivity index (χ4v) is 2.60. The maximum Gasteiger partial charge on any atom is 0.0870 e. The monoisotopic (exact) mass is 168 g/mol. The van der Waals surface area contributed by atoms with Crippen LogP contribution in [0.15, 0.2) is 23.1 Å². The second kappa shape index (κ2) is 2.40. The van der Waals surface area contributed by atoms with Gasteiger partial charge in [0.15, 0.2) is 0 Å². The average molecular weight is 168 g/mol. The van der Waals surface area contributed by atoms with E-state index in [9.17, 15) is 0 Å². The van der Waals surface area contributed by atoms with E-state index < -0.39 is 0 Å². The predicted octanol–water partition coefficient (Wildman–Crippen LogP) is 2.90. The van der Waals surface area contributed by atoms with E-state index in [0.29, 0.717) is 0 Å². The molecule has 1 aliphatic rings. The van der Waals surface area contributed by atoms with E-state index >= 15 is 0 Å². The first-order valence-corrected chi connectivity index (χ1v) is 5.12. The van der Waals surface area contributed by atoms with Gasteiger partial charge in [0.05, 0.1) is 5.69 Å². The van der Waals surface area contributed by atoms with Gasteiger partial charge in [0.25, 0.3) is 0 Å². The number of benzene rings is 1. The third kappa shape index (κ3) is 0.995. The summed E-state index contributed by atoms with van der Waals surface area (Å²) in [6, 6.07) is 6.36. The lowest BCUT2D eigenvalue weighted by Gasteiger charge is -1.94. The first-order valence-electron chi connectivity index (χ1n) is 3.02. The van der Waals surface area contributed by atoms with Crippen LogP contribution in [0.2, 0.25) is 0 Å². The molecule has 0 unspecified atom stereocenters. The van der Waals surface area contributed by atoms with E-state index in [-0.39, 0.29) is 0 Å². The molecule has 0 bridgehead atoms. The Morgan fingerprint density at radius 3 is 3.20 bits per heavy atom. The van der Waals surface area contributed by atoms with Crippen LogP contribution in [0.4, 0.5) is 5.69 Å². The first-order chi connectivity index (χ1) is 4.86. The Morgan fingerprint density at radius 1 is 1.40 bits per heavy atom. The van der Waals surface area contributed by atoms with E-state index in [0.717, 1.165) is 5.69 Å². The second-order valence-electron chi connectivity index (χ2n) is 2.22. The Kier molecular flexibility index (Phi) is 1.54. The number of hydrogen-bond donors (Lipinski definition) is 0. The van der Waals surface area contributed by atoms with Gasteiger partial charge in [-0.15, -0.1) is 0 Å².